The second kappa shape index (κ2) is 6.55. The van der Waals surface area contributed by atoms with Crippen molar-refractivity contribution in [2.45, 2.75) is 32.1 Å². The van der Waals surface area contributed by atoms with Gasteiger partial charge in [0, 0.05) is 18.5 Å². The number of rotatable bonds is 1. The van der Waals surface area contributed by atoms with Crippen LogP contribution in [0.2, 0.25) is 0 Å². The number of aromatic nitrogens is 3. The Kier molecular flexibility index (Phi) is 3.90. The van der Waals surface area contributed by atoms with Gasteiger partial charge in [-0.15, -0.1) is 0 Å². The van der Waals surface area contributed by atoms with Gasteiger partial charge in [0.2, 0.25) is 0 Å². The Labute approximate surface area is 157 Å². The molecule has 0 aliphatic carbocycles. The minimum atomic E-state index is 0.583. The molecule has 5 nitrogen and oxygen atoms in total. The predicted octanol–water partition coefficient (Wildman–Crippen LogP) is 4.68. The molecule has 0 radical (unpaired) electrons. The monoisotopic (exact) mass is 355 g/mol. The number of hydrogen-bond donors (Lipinski definition) is 0. The molecular formula is C22H21N5. The van der Waals surface area contributed by atoms with Crippen molar-refractivity contribution in [1.29, 1.82) is 5.26 Å². The van der Waals surface area contributed by atoms with Crippen LogP contribution in [0.4, 0.5) is 5.82 Å². The van der Waals surface area contributed by atoms with E-state index in [1.807, 2.05) is 34.7 Å². The van der Waals surface area contributed by atoms with Gasteiger partial charge in [0.15, 0.2) is 5.65 Å². The van der Waals surface area contributed by atoms with Crippen LogP contribution >= 0.6 is 0 Å². The van der Waals surface area contributed by atoms with Gasteiger partial charge in [-0.2, -0.15) is 5.26 Å². The number of nitrogens with zero attached hydrogens (tertiary/aromatic N) is 5. The zero-order valence-corrected chi connectivity index (χ0v) is 15.2. The maximum atomic E-state index is 9.60. The van der Waals surface area contributed by atoms with Gasteiger partial charge in [-0.05, 0) is 43.2 Å². The molecule has 5 rings (SSSR count). The smallest absolute Gasteiger partial charge is 0.157 e. The Morgan fingerprint density at radius 1 is 0.852 bits per heavy atom. The highest BCUT2D eigenvalue weighted by molar-refractivity contribution is 5.91. The van der Waals surface area contributed by atoms with Crippen LogP contribution in [0.1, 0.15) is 37.7 Å². The molecule has 0 unspecified atom stereocenters. The fraction of sp³-hybridized carbons (Fsp3) is 0.318. The zero-order chi connectivity index (χ0) is 18.2. The molecule has 1 aliphatic heterocycles. The molecule has 0 spiro atoms. The lowest BCUT2D eigenvalue weighted by Crippen LogP contribution is -2.27. The van der Waals surface area contributed by atoms with E-state index >= 15 is 0 Å². The first kappa shape index (κ1) is 16.1. The Hall–Kier alpha value is -3.13. The van der Waals surface area contributed by atoms with Gasteiger partial charge in [-0.1, -0.05) is 31.4 Å². The number of pyridine rings is 2. The molecule has 0 atom stereocenters. The van der Waals surface area contributed by atoms with Crippen LogP contribution in [-0.4, -0.2) is 27.5 Å². The van der Waals surface area contributed by atoms with Crippen molar-refractivity contribution in [3.8, 4) is 6.07 Å². The average molecular weight is 355 g/mol. The molecule has 4 heterocycles. The number of nitriles is 1. The molecule has 3 aromatic heterocycles. The molecule has 0 N–H and O–H groups in total. The van der Waals surface area contributed by atoms with Crippen LogP contribution < -0.4 is 4.90 Å². The van der Waals surface area contributed by atoms with Crippen molar-refractivity contribution < 1.29 is 0 Å². The van der Waals surface area contributed by atoms with E-state index in [-0.39, 0.29) is 0 Å². The lowest BCUT2D eigenvalue weighted by Gasteiger charge is -2.26. The average Bonchev–Trinajstić information content (AvgIpc) is 3.07. The van der Waals surface area contributed by atoms with Crippen molar-refractivity contribution in [3.63, 3.8) is 0 Å². The topological polar surface area (TPSA) is 57.2 Å². The van der Waals surface area contributed by atoms with Gasteiger partial charge in [0.05, 0.1) is 16.6 Å². The third-order valence-electron chi connectivity index (χ3n) is 5.50. The minimum absolute atomic E-state index is 0.583. The molecule has 1 aromatic carbocycles. The molecule has 1 saturated heterocycles. The highest BCUT2D eigenvalue weighted by Crippen LogP contribution is 2.27. The third kappa shape index (κ3) is 2.69. The van der Waals surface area contributed by atoms with Crippen LogP contribution in [0.3, 0.4) is 0 Å². The fourth-order valence-electron chi connectivity index (χ4n) is 4.12. The van der Waals surface area contributed by atoms with Crippen LogP contribution in [0.5, 0.6) is 0 Å². The van der Waals surface area contributed by atoms with Gasteiger partial charge in [-0.3, -0.25) is 4.40 Å². The minimum Gasteiger partial charge on any atom is -0.357 e. The summed E-state index contributed by atoms with van der Waals surface area (Å²) >= 11 is 0. The maximum absolute atomic E-state index is 9.60. The third-order valence-corrected chi connectivity index (χ3v) is 5.50. The molecule has 0 bridgehead atoms. The number of benzene rings is 1. The highest BCUT2D eigenvalue weighted by atomic mass is 15.2. The fourth-order valence-corrected chi connectivity index (χ4v) is 4.12. The largest absolute Gasteiger partial charge is 0.357 e. The zero-order valence-electron chi connectivity index (χ0n) is 15.2. The second-order valence-corrected chi connectivity index (χ2v) is 7.27. The standard InChI is InChI=1S/C22H21N5/c23-15-17-14-16-10-11-20(26-12-6-2-1-3-7-13-26)25-21(16)27-19-9-5-4-8-18(19)24-22(17)27/h4-5,8-11,14H,1-3,6-7,12-13H2. The van der Waals surface area contributed by atoms with Gasteiger partial charge in [-0.25, -0.2) is 9.97 Å². The summed E-state index contributed by atoms with van der Waals surface area (Å²) in [6.45, 7) is 2.12. The molecule has 0 saturated carbocycles. The molecule has 27 heavy (non-hydrogen) atoms. The summed E-state index contributed by atoms with van der Waals surface area (Å²) in [5.74, 6) is 1.02. The van der Waals surface area contributed by atoms with Crippen molar-refractivity contribution in [2.75, 3.05) is 18.0 Å². The molecule has 5 heteroatoms. The van der Waals surface area contributed by atoms with Crippen LogP contribution in [0, 0.1) is 11.3 Å². The number of para-hydroxylation sites is 2. The Morgan fingerprint density at radius 3 is 2.44 bits per heavy atom. The van der Waals surface area contributed by atoms with Crippen LogP contribution in [0.25, 0.3) is 27.7 Å². The molecule has 0 amide bonds. The normalized spacial score (nSPS) is 15.7. The first-order chi connectivity index (χ1) is 13.3. The van der Waals surface area contributed by atoms with E-state index in [0.29, 0.717) is 11.2 Å². The Balaban J connectivity index is 1.76. The molecule has 134 valence electrons. The quantitative estimate of drug-likeness (QED) is 0.497. The summed E-state index contributed by atoms with van der Waals surface area (Å²) in [6.07, 6.45) is 6.38. The summed E-state index contributed by atoms with van der Waals surface area (Å²) in [7, 11) is 0. The molecular weight excluding hydrogens is 334 g/mol. The van der Waals surface area contributed by atoms with E-state index in [1.165, 1.54) is 32.1 Å². The van der Waals surface area contributed by atoms with E-state index in [0.717, 1.165) is 41.0 Å². The van der Waals surface area contributed by atoms with Gasteiger partial charge < -0.3 is 4.90 Å². The van der Waals surface area contributed by atoms with Crippen molar-refractivity contribution in [3.05, 3.63) is 48.0 Å². The lowest BCUT2D eigenvalue weighted by atomic mass is 10.1. The number of hydrogen-bond acceptors (Lipinski definition) is 4. The summed E-state index contributed by atoms with van der Waals surface area (Å²) in [6, 6.07) is 16.4. The van der Waals surface area contributed by atoms with Crippen LogP contribution in [0.15, 0.2) is 42.5 Å². The summed E-state index contributed by atoms with van der Waals surface area (Å²) < 4.78 is 2.04. The number of anilines is 1. The molecule has 4 aromatic rings. The Bertz CT molecular complexity index is 1180. The number of imidazole rings is 1. The van der Waals surface area contributed by atoms with E-state index in [1.54, 1.807) is 0 Å². The number of fused-ring (bicyclic) bond motifs is 5. The van der Waals surface area contributed by atoms with Gasteiger partial charge >= 0.3 is 0 Å². The Morgan fingerprint density at radius 2 is 1.63 bits per heavy atom. The van der Waals surface area contributed by atoms with E-state index < -0.39 is 0 Å². The van der Waals surface area contributed by atoms with Gasteiger partial charge in [0.1, 0.15) is 17.5 Å². The molecule has 1 aliphatic rings. The highest BCUT2D eigenvalue weighted by Gasteiger charge is 2.16. The summed E-state index contributed by atoms with van der Waals surface area (Å²) in [5, 5.41) is 10.6. The van der Waals surface area contributed by atoms with Crippen molar-refractivity contribution >= 4 is 33.5 Å². The molecule has 1 fully saturated rings. The van der Waals surface area contributed by atoms with E-state index in [9.17, 15) is 5.26 Å². The first-order valence-corrected chi connectivity index (χ1v) is 9.71. The SMILES string of the molecule is N#Cc1cc2ccc(N3CCCCCCC3)nc2n2c1nc1ccccc12. The second-order valence-electron chi connectivity index (χ2n) is 7.27. The predicted molar refractivity (Wildman–Crippen MR) is 108 cm³/mol. The summed E-state index contributed by atoms with van der Waals surface area (Å²) in [5.41, 5.74) is 4.02. The van der Waals surface area contributed by atoms with E-state index in [4.69, 9.17) is 9.97 Å². The lowest BCUT2D eigenvalue weighted by molar-refractivity contribution is 0.554. The van der Waals surface area contributed by atoms with Crippen molar-refractivity contribution in [1.82, 2.24) is 14.4 Å². The van der Waals surface area contributed by atoms with Gasteiger partial charge in [0.25, 0.3) is 0 Å². The maximum Gasteiger partial charge on any atom is 0.157 e. The van der Waals surface area contributed by atoms with Crippen LogP contribution in [-0.2, 0) is 0 Å². The first-order valence-electron chi connectivity index (χ1n) is 9.71. The van der Waals surface area contributed by atoms with E-state index in [2.05, 4.69) is 23.1 Å². The van der Waals surface area contributed by atoms with Crippen molar-refractivity contribution in [2.24, 2.45) is 0 Å². The summed E-state index contributed by atoms with van der Waals surface area (Å²) in [4.78, 5) is 12.1.